The first-order valence-corrected chi connectivity index (χ1v) is 11.4. The van der Waals surface area contributed by atoms with Gasteiger partial charge in [-0.05, 0) is 35.2 Å². The van der Waals surface area contributed by atoms with Crippen molar-refractivity contribution < 1.29 is 4.79 Å². The van der Waals surface area contributed by atoms with Crippen LogP contribution >= 0.6 is 34.7 Å². The molecule has 0 aliphatic carbocycles. The van der Waals surface area contributed by atoms with Crippen LogP contribution in [0.5, 0.6) is 0 Å². The highest BCUT2D eigenvalue weighted by Crippen LogP contribution is 2.24. The molecule has 4 aromatic rings. The predicted molar refractivity (Wildman–Crippen MR) is 125 cm³/mol. The second kappa shape index (κ2) is 9.04. The Kier molecular flexibility index (Phi) is 6.22. The molecule has 2 heterocycles. The van der Waals surface area contributed by atoms with E-state index in [9.17, 15) is 9.59 Å². The lowest BCUT2D eigenvalue weighted by Gasteiger charge is -2.18. The minimum absolute atomic E-state index is 0.0861. The Balaban J connectivity index is 1.60. The molecule has 4 rings (SSSR count). The van der Waals surface area contributed by atoms with Crippen molar-refractivity contribution in [3.05, 3.63) is 87.0 Å². The highest BCUT2D eigenvalue weighted by atomic mass is 35.5. The lowest BCUT2D eigenvalue weighted by atomic mass is 10.2. The third-order valence-corrected chi connectivity index (χ3v) is 6.70. The summed E-state index contributed by atoms with van der Waals surface area (Å²) in [5, 5.41) is 2.96. The Hall–Kier alpha value is -2.61. The van der Waals surface area contributed by atoms with E-state index in [-0.39, 0.29) is 17.2 Å². The molecule has 0 N–H and O–H groups in total. The number of carbonyl (C=O) groups is 1. The summed E-state index contributed by atoms with van der Waals surface area (Å²) < 4.78 is 2.27. The summed E-state index contributed by atoms with van der Waals surface area (Å²) in [6.45, 7) is 0.404. The van der Waals surface area contributed by atoms with Crippen LogP contribution in [0.2, 0.25) is 5.02 Å². The van der Waals surface area contributed by atoms with Gasteiger partial charge in [-0.2, -0.15) is 0 Å². The number of hydrogen-bond donors (Lipinski definition) is 0. The summed E-state index contributed by atoms with van der Waals surface area (Å²) in [6.07, 6.45) is 0. The molecule has 8 heteroatoms. The summed E-state index contributed by atoms with van der Waals surface area (Å²) in [7, 11) is 1.71. The molecule has 30 heavy (non-hydrogen) atoms. The van der Waals surface area contributed by atoms with Crippen LogP contribution in [0.4, 0.5) is 5.69 Å². The minimum Gasteiger partial charge on any atom is -0.315 e. The van der Waals surface area contributed by atoms with E-state index in [2.05, 4.69) is 4.98 Å². The normalized spacial score (nSPS) is 11.0. The van der Waals surface area contributed by atoms with Crippen LogP contribution in [0.1, 0.15) is 5.56 Å². The Morgan fingerprint density at radius 2 is 1.97 bits per heavy atom. The average Bonchev–Trinajstić information content (AvgIpc) is 3.23. The van der Waals surface area contributed by atoms with E-state index in [1.807, 2.05) is 47.8 Å². The van der Waals surface area contributed by atoms with Gasteiger partial charge in [-0.1, -0.05) is 59.8 Å². The van der Waals surface area contributed by atoms with Gasteiger partial charge in [-0.15, -0.1) is 11.3 Å². The Morgan fingerprint density at radius 1 is 1.17 bits per heavy atom. The monoisotopic (exact) mass is 455 g/mol. The zero-order chi connectivity index (χ0) is 21.1. The van der Waals surface area contributed by atoms with Crippen molar-refractivity contribution in [1.29, 1.82) is 0 Å². The first-order chi connectivity index (χ1) is 14.5. The van der Waals surface area contributed by atoms with Crippen LogP contribution in [0.25, 0.3) is 10.2 Å². The molecule has 0 bridgehead atoms. The number of amides is 1. The van der Waals surface area contributed by atoms with Crippen LogP contribution in [0, 0.1) is 0 Å². The van der Waals surface area contributed by atoms with Crippen molar-refractivity contribution in [3.63, 3.8) is 0 Å². The maximum atomic E-state index is 13.1. The zero-order valence-electron chi connectivity index (χ0n) is 16.1. The van der Waals surface area contributed by atoms with Crippen molar-refractivity contribution >= 4 is 56.5 Å². The van der Waals surface area contributed by atoms with Crippen LogP contribution in [0.3, 0.4) is 0 Å². The van der Waals surface area contributed by atoms with E-state index in [0.29, 0.717) is 26.9 Å². The number of anilines is 1. The minimum atomic E-state index is -0.104. The second-order valence-electron chi connectivity index (χ2n) is 6.63. The standard InChI is InChI=1S/C22H18ClN3O2S2/c1-25(17-9-5-8-16(23)12-17)19(27)14-30-22-24-18-10-11-29-20(18)21(28)26(22)13-15-6-3-2-4-7-15/h2-12H,13-14H2,1H3. The molecule has 2 aromatic heterocycles. The van der Waals surface area contributed by atoms with E-state index in [4.69, 9.17) is 11.6 Å². The van der Waals surface area contributed by atoms with Gasteiger partial charge in [-0.25, -0.2) is 4.98 Å². The summed E-state index contributed by atoms with van der Waals surface area (Å²) in [5.74, 6) is 0.0491. The fourth-order valence-corrected chi connectivity index (χ4v) is 4.87. The van der Waals surface area contributed by atoms with E-state index in [0.717, 1.165) is 11.3 Å². The Bertz CT molecular complexity index is 1250. The number of thiophene rings is 1. The van der Waals surface area contributed by atoms with Crippen LogP contribution < -0.4 is 10.5 Å². The fraction of sp³-hybridized carbons (Fsp3) is 0.136. The van der Waals surface area contributed by atoms with Gasteiger partial charge in [0.15, 0.2) is 5.16 Å². The Morgan fingerprint density at radius 3 is 2.73 bits per heavy atom. The van der Waals surface area contributed by atoms with Crippen LogP contribution in [0.15, 0.2) is 76.0 Å². The molecule has 152 valence electrons. The third-order valence-electron chi connectivity index (χ3n) is 4.61. The smallest absolute Gasteiger partial charge is 0.272 e. The first kappa shape index (κ1) is 20.7. The van der Waals surface area contributed by atoms with Crippen molar-refractivity contribution in [2.45, 2.75) is 11.7 Å². The topological polar surface area (TPSA) is 55.2 Å². The van der Waals surface area contributed by atoms with Gasteiger partial charge in [-0.3, -0.25) is 14.2 Å². The number of hydrogen-bond acceptors (Lipinski definition) is 5. The van der Waals surface area contributed by atoms with Crippen molar-refractivity contribution in [3.8, 4) is 0 Å². The lowest BCUT2D eigenvalue weighted by Crippen LogP contribution is -2.29. The van der Waals surface area contributed by atoms with Gasteiger partial charge in [0, 0.05) is 17.8 Å². The van der Waals surface area contributed by atoms with E-state index < -0.39 is 0 Å². The molecule has 5 nitrogen and oxygen atoms in total. The number of benzene rings is 2. The van der Waals surface area contributed by atoms with E-state index in [1.165, 1.54) is 23.1 Å². The predicted octanol–water partition coefficient (Wildman–Crippen LogP) is 4.91. The highest BCUT2D eigenvalue weighted by molar-refractivity contribution is 7.99. The van der Waals surface area contributed by atoms with Gasteiger partial charge in [0.05, 0.1) is 17.8 Å². The molecule has 0 atom stereocenters. The first-order valence-electron chi connectivity index (χ1n) is 9.20. The summed E-state index contributed by atoms with van der Waals surface area (Å²) >= 11 is 8.69. The third kappa shape index (κ3) is 4.43. The van der Waals surface area contributed by atoms with E-state index in [1.54, 1.807) is 34.7 Å². The van der Waals surface area contributed by atoms with Gasteiger partial charge in [0.25, 0.3) is 5.56 Å². The maximum absolute atomic E-state index is 13.1. The number of thioether (sulfide) groups is 1. The number of carbonyl (C=O) groups excluding carboxylic acids is 1. The molecule has 0 aliphatic rings. The molecule has 0 fully saturated rings. The largest absolute Gasteiger partial charge is 0.315 e. The van der Waals surface area contributed by atoms with Gasteiger partial charge in [0.1, 0.15) is 4.70 Å². The maximum Gasteiger partial charge on any atom is 0.272 e. The lowest BCUT2D eigenvalue weighted by molar-refractivity contribution is -0.115. The number of halogens is 1. The van der Waals surface area contributed by atoms with Crippen LogP contribution in [-0.4, -0.2) is 28.3 Å². The molecule has 1 amide bonds. The summed E-state index contributed by atoms with van der Waals surface area (Å²) in [6, 6.07) is 18.7. The molecule has 0 saturated heterocycles. The molecule has 0 spiro atoms. The quantitative estimate of drug-likeness (QED) is 0.306. The SMILES string of the molecule is CN(C(=O)CSc1nc2ccsc2c(=O)n1Cc1ccccc1)c1cccc(Cl)c1. The molecule has 0 aliphatic heterocycles. The van der Waals surface area contributed by atoms with Crippen molar-refractivity contribution in [2.75, 3.05) is 17.7 Å². The molecule has 0 radical (unpaired) electrons. The Labute approximate surface area is 186 Å². The van der Waals surface area contributed by atoms with Gasteiger partial charge >= 0.3 is 0 Å². The number of aromatic nitrogens is 2. The second-order valence-corrected chi connectivity index (χ2v) is 8.92. The number of rotatable bonds is 6. The molecular formula is C22H18ClN3O2S2. The van der Waals surface area contributed by atoms with Crippen molar-refractivity contribution in [1.82, 2.24) is 9.55 Å². The highest BCUT2D eigenvalue weighted by Gasteiger charge is 2.17. The van der Waals surface area contributed by atoms with E-state index >= 15 is 0 Å². The molecule has 0 saturated carbocycles. The number of fused-ring (bicyclic) bond motifs is 1. The summed E-state index contributed by atoms with van der Waals surface area (Å²) in [5.41, 5.74) is 2.29. The molecule has 2 aromatic carbocycles. The number of nitrogens with zero attached hydrogens (tertiary/aromatic N) is 3. The fourth-order valence-electron chi connectivity index (χ4n) is 2.99. The van der Waals surface area contributed by atoms with Crippen molar-refractivity contribution in [2.24, 2.45) is 0 Å². The zero-order valence-corrected chi connectivity index (χ0v) is 18.5. The molecule has 0 unspecified atom stereocenters. The van der Waals surface area contributed by atoms with Crippen LogP contribution in [-0.2, 0) is 11.3 Å². The van der Waals surface area contributed by atoms with Gasteiger partial charge in [0.2, 0.25) is 5.91 Å². The average molecular weight is 456 g/mol. The summed E-state index contributed by atoms with van der Waals surface area (Å²) in [4.78, 5) is 32.0. The van der Waals surface area contributed by atoms with Gasteiger partial charge < -0.3 is 4.90 Å². The molecular weight excluding hydrogens is 438 g/mol.